The van der Waals surface area contributed by atoms with Crippen molar-refractivity contribution in [3.8, 4) is 0 Å². The van der Waals surface area contributed by atoms with Crippen LogP contribution in [-0.4, -0.2) is 31.9 Å². The van der Waals surface area contributed by atoms with Crippen LogP contribution in [0.4, 0.5) is 16.2 Å². The van der Waals surface area contributed by atoms with Gasteiger partial charge in [-0.3, -0.25) is 4.90 Å². The lowest BCUT2D eigenvalue weighted by Crippen LogP contribution is -2.38. The van der Waals surface area contributed by atoms with E-state index in [1.807, 2.05) is 39.0 Å². The monoisotopic (exact) mass is 415 g/mol. The fraction of sp³-hybridized carbons (Fsp3) is 0.409. The maximum atomic E-state index is 12.8. The Labute approximate surface area is 172 Å². The van der Waals surface area contributed by atoms with E-state index in [0.717, 1.165) is 35.3 Å². The Morgan fingerprint density at radius 3 is 2.21 bits per heavy atom. The second-order valence-corrected chi connectivity index (χ2v) is 9.71. The summed E-state index contributed by atoms with van der Waals surface area (Å²) in [6.45, 7) is 6.94. The molecule has 156 valence electrons. The molecule has 2 aromatic carbocycles. The van der Waals surface area contributed by atoms with Gasteiger partial charge in [0.25, 0.3) is 0 Å². The average Bonchev–Trinajstić information content (AvgIpc) is 2.69. The number of nitrogens with zero attached hydrogens (tertiary/aromatic N) is 2. The van der Waals surface area contributed by atoms with Gasteiger partial charge in [-0.15, -0.1) is 0 Å². The number of carbonyl (C=O) groups is 1. The second kappa shape index (κ2) is 8.55. The number of hydrogen-bond donors (Lipinski definition) is 0. The van der Waals surface area contributed by atoms with Crippen LogP contribution in [0.2, 0.25) is 0 Å². The van der Waals surface area contributed by atoms with E-state index >= 15 is 0 Å². The van der Waals surface area contributed by atoms with Crippen molar-refractivity contribution in [1.82, 2.24) is 4.31 Å². The van der Waals surface area contributed by atoms with Gasteiger partial charge in [0, 0.05) is 18.8 Å². The Kier molecular flexibility index (Phi) is 6.29. The third kappa shape index (κ3) is 4.46. The predicted molar refractivity (Wildman–Crippen MR) is 112 cm³/mol. The van der Waals surface area contributed by atoms with Crippen LogP contribution in [0.3, 0.4) is 0 Å². The number of piperidine rings is 1. The molecular weight excluding hydrogens is 388 g/mol. The third-order valence-electron chi connectivity index (χ3n) is 5.28. The molecule has 0 N–H and O–H groups in total. The van der Waals surface area contributed by atoms with Crippen molar-refractivity contribution in [2.45, 2.75) is 50.8 Å². The number of hydrogen-bond acceptors (Lipinski definition) is 4. The van der Waals surface area contributed by atoms with Crippen LogP contribution in [0, 0.1) is 6.92 Å². The summed E-state index contributed by atoms with van der Waals surface area (Å²) in [7, 11) is -3.57. The van der Waals surface area contributed by atoms with Crippen LogP contribution in [0.5, 0.6) is 0 Å². The van der Waals surface area contributed by atoms with E-state index in [1.165, 1.54) is 28.6 Å². The molecule has 1 fully saturated rings. The van der Waals surface area contributed by atoms with Crippen LogP contribution in [0.15, 0.2) is 47.4 Å². The highest BCUT2D eigenvalue weighted by atomic mass is 32.2. The molecule has 3 rings (SSSR count). The summed E-state index contributed by atoms with van der Waals surface area (Å²) in [5.41, 5.74) is 2.70. The van der Waals surface area contributed by atoms with Crippen molar-refractivity contribution in [2.75, 3.05) is 18.0 Å². The zero-order valence-electron chi connectivity index (χ0n) is 17.1. The lowest BCUT2D eigenvalue weighted by atomic mass is 9.98. The Bertz CT molecular complexity index is 978. The van der Waals surface area contributed by atoms with Crippen LogP contribution in [-0.2, 0) is 10.0 Å². The van der Waals surface area contributed by atoms with E-state index < -0.39 is 16.1 Å². The standard InChI is InChI=1S/C22H28N2O4S/c1-16(2)20-12-7-17(3)15-21(20)24(22(25)26)18-8-10-19(11-9-18)29(27,28)23-13-5-4-6-14-23/h7-12,15-16H,4-6,13-14H2,1-3H3,(H,25,26)/p-1. The molecule has 1 aliphatic rings. The molecule has 0 atom stereocenters. The zero-order chi connectivity index (χ0) is 21.2. The van der Waals surface area contributed by atoms with Gasteiger partial charge in [0.05, 0.1) is 10.6 Å². The van der Waals surface area contributed by atoms with Gasteiger partial charge in [0.2, 0.25) is 10.0 Å². The van der Waals surface area contributed by atoms with E-state index in [2.05, 4.69) is 0 Å². The molecule has 29 heavy (non-hydrogen) atoms. The SMILES string of the molecule is Cc1ccc(C(C)C)c(N(C(=O)[O-])c2ccc(S(=O)(=O)N3CCCCC3)cc2)c1. The molecule has 0 radical (unpaired) electrons. The summed E-state index contributed by atoms with van der Waals surface area (Å²) in [6, 6.07) is 11.7. The lowest BCUT2D eigenvalue weighted by molar-refractivity contribution is -0.245. The highest BCUT2D eigenvalue weighted by Crippen LogP contribution is 2.34. The number of carboxylic acid groups (broad SMARTS) is 1. The van der Waals surface area contributed by atoms with Crippen LogP contribution < -0.4 is 10.0 Å². The Hall–Kier alpha value is -2.38. The van der Waals surface area contributed by atoms with Gasteiger partial charge in [-0.05, 0) is 67.1 Å². The first-order valence-electron chi connectivity index (χ1n) is 9.93. The number of rotatable bonds is 5. The lowest BCUT2D eigenvalue weighted by Gasteiger charge is -2.29. The number of sulfonamides is 1. The number of benzene rings is 2. The molecule has 0 aromatic heterocycles. The normalized spacial score (nSPS) is 15.4. The summed E-state index contributed by atoms with van der Waals surface area (Å²) in [4.78, 5) is 13.3. The fourth-order valence-corrected chi connectivity index (χ4v) is 5.22. The second-order valence-electron chi connectivity index (χ2n) is 7.78. The van der Waals surface area contributed by atoms with Gasteiger partial charge in [0.1, 0.15) is 6.09 Å². The molecule has 0 saturated carbocycles. The summed E-state index contributed by atoms with van der Waals surface area (Å²) in [5.74, 6) is 0.117. The van der Waals surface area contributed by atoms with Crippen molar-refractivity contribution in [2.24, 2.45) is 0 Å². The van der Waals surface area contributed by atoms with Crippen molar-refractivity contribution in [1.29, 1.82) is 0 Å². The smallest absolute Gasteiger partial charge is 0.243 e. The van der Waals surface area contributed by atoms with Gasteiger partial charge in [-0.1, -0.05) is 32.4 Å². The first kappa shape index (κ1) is 21.3. The Morgan fingerprint density at radius 2 is 1.66 bits per heavy atom. The number of carbonyl (C=O) groups excluding carboxylic acids is 1. The van der Waals surface area contributed by atoms with Crippen LogP contribution in [0.1, 0.15) is 50.2 Å². The predicted octanol–water partition coefficient (Wildman–Crippen LogP) is 3.77. The summed E-state index contributed by atoms with van der Waals surface area (Å²) in [5, 5.41) is 12.0. The maximum Gasteiger partial charge on any atom is 0.243 e. The molecule has 1 aliphatic heterocycles. The number of aryl methyl sites for hydroxylation is 1. The van der Waals surface area contributed by atoms with Crippen molar-refractivity contribution < 1.29 is 18.3 Å². The van der Waals surface area contributed by atoms with E-state index in [-0.39, 0.29) is 10.8 Å². The highest BCUT2D eigenvalue weighted by molar-refractivity contribution is 7.89. The topological polar surface area (TPSA) is 80.8 Å². The van der Waals surface area contributed by atoms with E-state index in [9.17, 15) is 18.3 Å². The minimum Gasteiger partial charge on any atom is -0.529 e. The van der Waals surface area contributed by atoms with E-state index in [0.29, 0.717) is 24.5 Å². The number of amides is 1. The Morgan fingerprint density at radius 1 is 1.03 bits per heavy atom. The molecule has 0 bridgehead atoms. The highest BCUT2D eigenvalue weighted by Gasteiger charge is 2.26. The molecule has 1 amide bonds. The number of anilines is 2. The van der Waals surface area contributed by atoms with Gasteiger partial charge < -0.3 is 9.90 Å². The molecule has 0 unspecified atom stereocenters. The third-order valence-corrected chi connectivity index (χ3v) is 7.19. The fourth-order valence-electron chi connectivity index (χ4n) is 3.70. The minimum atomic E-state index is -3.57. The van der Waals surface area contributed by atoms with Crippen molar-refractivity contribution in [3.05, 3.63) is 53.6 Å². The van der Waals surface area contributed by atoms with Crippen LogP contribution in [0.25, 0.3) is 0 Å². The maximum absolute atomic E-state index is 12.8. The largest absolute Gasteiger partial charge is 0.529 e. The van der Waals surface area contributed by atoms with Gasteiger partial charge >= 0.3 is 0 Å². The molecule has 1 saturated heterocycles. The summed E-state index contributed by atoms with van der Waals surface area (Å²) >= 11 is 0. The average molecular weight is 416 g/mol. The quantitative estimate of drug-likeness (QED) is 0.744. The first-order chi connectivity index (χ1) is 13.7. The molecule has 7 heteroatoms. The molecular formula is C22H27N2O4S-. The minimum absolute atomic E-state index is 0.117. The molecule has 2 aromatic rings. The zero-order valence-corrected chi connectivity index (χ0v) is 17.9. The summed E-state index contributed by atoms with van der Waals surface area (Å²) < 4.78 is 27.2. The van der Waals surface area contributed by atoms with Crippen molar-refractivity contribution >= 4 is 27.5 Å². The molecule has 0 aliphatic carbocycles. The van der Waals surface area contributed by atoms with E-state index in [4.69, 9.17) is 0 Å². The van der Waals surface area contributed by atoms with Gasteiger partial charge in [-0.25, -0.2) is 8.42 Å². The molecule has 1 heterocycles. The molecule has 6 nitrogen and oxygen atoms in total. The summed E-state index contributed by atoms with van der Waals surface area (Å²) in [6.07, 6.45) is 1.41. The Balaban J connectivity index is 1.99. The van der Waals surface area contributed by atoms with Crippen molar-refractivity contribution in [3.63, 3.8) is 0 Å². The molecule has 0 spiro atoms. The van der Waals surface area contributed by atoms with Gasteiger partial charge in [0.15, 0.2) is 0 Å². The first-order valence-corrected chi connectivity index (χ1v) is 11.4. The van der Waals surface area contributed by atoms with Gasteiger partial charge in [-0.2, -0.15) is 4.31 Å². The van der Waals surface area contributed by atoms with E-state index in [1.54, 1.807) is 0 Å². The van der Waals surface area contributed by atoms with Crippen LogP contribution >= 0.6 is 0 Å².